The lowest BCUT2D eigenvalue weighted by Crippen LogP contribution is -2.28. The summed E-state index contributed by atoms with van der Waals surface area (Å²) in [6, 6.07) is 13.2. The van der Waals surface area contributed by atoms with Crippen LogP contribution in [0.25, 0.3) is 0 Å². The Balaban J connectivity index is 2.18. The molecule has 0 aromatic heterocycles. The summed E-state index contributed by atoms with van der Waals surface area (Å²) in [5.41, 5.74) is 2.77. The third-order valence-corrected chi connectivity index (χ3v) is 4.49. The van der Waals surface area contributed by atoms with E-state index in [-0.39, 0.29) is 11.9 Å². The molecule has 1 amide bonds. The summed E-state index contributed by atoms with van der Waals surface area (Å²) in [4.78, 5) is 12.4. The Morgan fingerprint density at radius 3 is 2.67 bits per heavy atom. The van der Waals surface area contributed by atoms with Crippen LogP contribution in [0.2, 0.25) is 5.02 Å². The Bertz CT molecular complexity index is 657. The lowest BCUT2D eigenvalue weighted by Gasteiger charge is -2.18. The van der Waals surface area contributed by atoms with Crippen molar-refractivity contribution in [3.8, 4) is 0 Å². The van der Waals surface area contributed by atoms with Gasteiger partial charge in [-0.2, -0.15) is 0 Å². The Morgan fingerprint density at radius 1 is 1.29 bits per heavy atom. The summed E-state index contributed by atoms with van der Waals surface area (Å²) in [5, 5.41) is 3.73. The summed E-state index contributed by atoms with van der Waals surface area (Å²) in [6.07, 6.45) is 0.805. The van der Waals surface area contributed by atoms with Crippen molar-refractivity contribution in [2.24, 2.45) is 0 Å². The molecule has 2 aromatic carbocycles. The van der Waals surface area contributed by atoms with Crippen LogP contribution in [-0.4, -0.2) is 5.91 Å². The molecular weight excluding hydrogens is 350 g/mol. The monoisotopic (exact) mass is 365 g/mol. The third kappa shape index (κ3) is 4.08. The zero-order chi connectivity index (χ0) is 15.4. The van der Waals surface area contributed by atoms with Crippen LogP contribution in [0.4, 0.5) is 0 Å². The maximum Gasteiger partial charge on any atom is 0.251 e. The Morgan fingerprint density at radius 2 is 2.05 bits per heavy atom. The minimum Gasteiger partial charge on any atom is -0.345 e. The fourth-order valence-corrected chi connectivity index (χ4v) is 2.70. The highest BCUT2D eigenvalue weighted by atomic mass is 79.9. The quantitative estimate of drug-likeness (QED) is 0.782. The topological polar surface area (TPSA) is 29.1 Å². The van der Waals surface area contributed by atoms with Crippen LogP contribution in [0.3, 0.4) is 0 Å². The Labute approximate surface area is 138 Å². The third-order valence-electron chi connectivity index (χ3n) is 3.40. The fourth-order valence-electron chi connectivity index (χ4n) is 2.12. The molecule has 0 aliphatic carbocycles. The predicted octanol–water partition coefficient (Wildman–Crippen LogP) is 5.29. The van der Waals surface area contributed by atoms with Gasteiger partial charge in [0.15, 0.2) is 0 Å². The molecule has 1 N–H and O–H groups in total. The average molecular weight is 367 g/mol. The van der Waals surface area contributed by atoms with Gasteiger partial charge in [-0.05, 0) is 48.7 Å². The van der Waals surface area contributed by atoms with Gasteiger partial charge in [-0.25, -0.2) is 0 Å². The second kappa shape index (κ2) is 7.10. The minimum absolute atomic E-state index is 0.0451. The van der Waals surface area contributed by atoms with E-state index < -0.39 is 0 Å². The highest BCUT2D eigenvalue weighted by molar-refractivity contribution is 9.10. The molecule has 4 heteroatoms. The maximum atomic E-state index is 12.4. The van der Waals surface area contributed by atoms with Crippen LogP contribution in [0, 0.1) is 6.92 Å². The van der Waals surface area contributed by atoms with E-state index in [4.69, 9.17) is 11.6 Å². The first-order chi connectivity index (χ1) is 10.0. The van der Waals surface area contributed by atoms with Gasteiger partial charge in [0.1, 0.15) is 0 Å². The number of hydrogen-bond donors (Lipinski definition) is 1. The first-order valence-corrected chi connectivity index (χ1v) is 8.01. The molecule has 2 aromatic rings. The van der Waals surface area contributed by atoms with Gasteiger partial charge < -0.3 is 5.32 Å². The van der Waals surface area contributed by atoms with Crippen LogP contribution in [0.15, 0.2) is 46.9 Å². The number of carbonyl (C=O) groups is 1. The Kier molecular flexibility index (Phi) is 5.43. The molecule has 1 unspecified atom stereocenters. The number of amides is 1. The van der Waals surface area contributed by atoms with E-state index in [0.717, 1.165) is 22.0 Å². The summed E-state index contributed by atoms with van der Waals surface area (Å²) >= 11 is 9.47. The first kappa shape index (κ1) is 16.1. The number of aryl methyl sites for hydroxylation is 1. The van der Waals surface area contributed by atoms with Crippen molar-refractivity contribution in [2.45, 2.75) is 26.3 Å². The molecule has 21 heavy (non-hydrogen) atoms. The van der Waals surface area contributed by atoms with Crippen molar-refractivity contribution in [2.75, 3.05) is 0 Å². The zero-order valence-electron chi connectivity index (χ0n) is 12.0. The lowest BCUT2D eigenvalue weighted by atomic mass is 10.0. The van der Waals surface area contributed by atoms with Crippen LogP contribution >= 0.6 is 27.5 Å². The molecule has 0 saturated heterocycles. The standard InChI is InChI=1S/C17H17BrClNO/c1-3-16(12-5-4-6-14(19)9-12)20-17(21)13-8-7-11(2)15(18)10-13/h4-10,16H,3H2,1-2H3,(H,20,21). The second-order valence-corrected chi connectivity index (χ2v) is 6.24. The molecule has 0 spiro atoms. The molecule has 0 saturated carbocycles. The molecule has 0 fully saturated rings. The van der Waals surface area contributed by atoms with Crippen molar-refractivity contribution < 1.29 is 4.79 Å². The van der Waals surface area contributed by atoms with Crippen molar-refractivity contribution in [1.82, 2.24) is 5.32 Å². The number of hydrogen-bond acceptors (Lipinski definition) is 1. The first-order valence-electron chi connectivity index (χ1n) is 6.83. The molecule has 0 aliphatic heterocycles. The van der Waals surface area contributed by atoms with Gasteiger partial charge in [-0.15, -0.1) is 0 Å². The van der Waals surface area contributed by atoms with Crippen LogP contribution in [0.5, 0.6) is 0 Å². The van der Waals surface area contributed by atoms with Gasteiger partial charge in [0, 0.05) is 15.1 Å². The van der Waals surface area contributed by atoms with E-state index in [1.54, 1.807) is 0 Å². The molecule has 0 aliphatic rings. The largest absolute Gasteiger partial charge is 0.345 e. The van der Waals surface area contributed by atoms with E-state index >= 15 is 0 Å². The van der Waals surface area contributed by atoms with Gasteiger partial charge in [0.2, 0.25) is 0 Å². The fraction of sp³-hybridized carbons (Fsp3) is 0.235. The molecule has 0 radical (unpaired) electrons. The van der Waals surface area contributed by atoms with Crippen LogP contribution in [-0.2, 0) is 0 Å². The van der Waals surface area contributed by atoms with Gasteiger partial charge in [-0.3, -0.25) is 4.79 Å². The zero-order valence-corrected chi connectivity index (χ0v) is 14.3. The van der Waals surface area contributed by atoms with Crippen molar-refractivity contribution in [3.05, 3.63) is 68.7 Å². The van der Waals surface area contributed by atoms with Crippen LogP contribution < -0.4 is 5.32 Å². The number of benzene rings is 2. The lowest BCUT2D eigenvalue weighted by molar-refractivity contribution is 0.0935. The molecule has 0 bridgehead atoms. The highest BCUT2D eigenvalue weighted by Crippen LogP contribution is 2.22. The summed E-state index contributed by atoms with van der Waals surface area (Å²) in [5.74, 6) is -0.0810. The van der Waals surface area contributed by atoms with E-state index in [9.17, 15) is 4.79 Å². The summed E-state index contributed by atoms with van der Waals surface area (Å²) in [6.45, 7) is 4.03. The highest BCUT2D eigenvalue weighted by Gasteiger charge is 2.15. The van der Waals surface area contributed by atoms with Gasteiger partial charge in [0.25, 0.3) is 5.91 Å². The van der Waals surface area contributed by atoms with E-state index in [2.05, 4.69) is 21.2 Å². The molecular formula is C17H17BrClNO. The van der Waals surface area contributed by atoms with Gasteiger partial charge in [0.05, 0.1) is 6.04 Å². The number of nitrogens with one attached hydrogen (secondary N) is 1. The van der Waals surface area contributed by atoms with E-state index in [1.807, 2.05) is 56.3 Å². The van der Waals surface area contributed by atoms with Crippen molar-refractivity contribution in [1.29, 1.82) is 0 Å². The second-order valence-electron chi connectivity index (χ2n) is 4.95. The molecule has 110 valence electrons. The van der Waals surface area contributed by atoms with E-state index in [0.29, 0.717) is 10.6 Å². The van der Waals surface area contributed by atoms with E-state index in [1.165, 1.54) is 0 Å². The Hall–Kier alpha value is -1.32. The van der Waals surface area contributed by atoms with Gasteiger partial charge >= 0.3 is 0 Å². The molecule has 2 rings (SSSR count). The van der Waals surface area contributed by atoms with Gasteiger partial charge in [-0.1, -0.05) is 52.7 Å². The average Bonchev–Trinajstić information content (AvgIpc) is 2.47. The molecule has 2 nitrogen and oxygen atoms in total. The number of carbonyl (C=O) groups excluding carboxylic acids is 1. The normalized spacial score (nSPS) is 12.0. The SMILES string of the molecule is CCC(NC(=O)c1ccc(C)c(Br)c1)c1cccc(Cl)c1. The number of halogens is 2. The maximum absolute atomic E-state index is 12.4. The molecule has 0 heterocycles. The minimum atomic E-state index is -0.0810. The summed E-state index contributed by atoms with van der Waals surface area (Å²) < 4.78 is 0.936. The van der Waals surface area contributed by atoms with Crippen molar-refractivity contribution in [3.63, 3.8) is 0 Å². The smallest absolute Gasteiger partial charge is 0.251 e. The van der Waals surface area contributed by atoms with Crippen LogP contribution in [0.1, 0.15) is 40.9 Å². The number of rotatable bonds is 4. The molecule has 1 atom stereocenters. The summed E-state index contributed by atoms with van der Waals surface area (Å²) in [7, 11) is 0. The predicted molar refractivity (Wildman–Crippen MR) is 90.8 cm³/mol. The van der Waals surface area contributed by atoms with Crippen molar-refractivity contribution >= 4 is 33.4 Å².